The van der Waals surface area contributed by atoms with Crippen LogP contribution in [0.4, 0.5) is 4.39 Å². The van der Waals surface area contributed by atoms with Gasteiger partial charge in [-0.2, -0.15) is 0 Å². The standard InChI is InChI=1S/C22H32FNO4/c1-21-10-9-19(27)22(2,13-25)18(21)8-7-17(26)16(21)11-20(28)24-12-14-3-5-15(23)6-4-14/h3-6,16-19,25-27H,7-13H2,1-2H3,(H,24,28)/t16-,17-,18?,19-,21+,22+/m1/s1. The number of hydrogen-bond donors (Lipinski definition) is 4. The third kappa shape index (κ3) is 3.82. The summed E-state index contributed by atoms with van der Waals surface area (Å²) in [6, 6.07) is 6.00. The van der Waals surface area contributed by atoms with E-state index in [9.17, 15) is 24.5 Å². The molecule has 156 valence electrons. The van der Waals surface area contributed by atoms with Crippen LogP contribution in [0.3, 0.4) is 0 Å². The molecule has 0 aliphatic heterocycles. The summed E-state index contributed by atoms with van der Waals surface area (Å²) in [6.07, 6.45) is 1.64. The monoisotopic (exact) mass is 393 g/mol. The zero-order chi connectivity index (χ0) is 20.5. The second kappa shape index (κ2) is 8.09. The highest BCUT2D eigenvalue weighted by atomic mass is 19.1. The van der Waals surface area contributed by atoms with Gasteiger partial charge in [-0.15, -0.1) is 0 Å². The summed E-state index contributed by atoms with van der Waals surface area (Å²) in [5.41, 5.74) is -0.117. The van der Waals surface area contributed by atoms with Gasteiger partial charge in [-0.1, -0.05) is 26.0 Å². The van der Waals surface area contributed by atoms with Crippen LogP contribution in [0.2, 0.25) is 0 Å². The number of aliphatic hydroxyl groups excluding tert-OH is 3. The van der Waals surface area contributed by atoms with E-state index in [1.807, 2.05) is 6.92 Å². The first kappa shape index (κ1) is 21.2. The molecule has 2 fully saturated rings. The molecular formula is C22H32FNO4. The predicted molar refractivity (Wildman–Crippen MR) is 104 cm³/mol. The maximum Gasteiger partial charge on any atom is 0.220 e. The van der Waals surface area contributed by atoms with Crippen LogP contribution in [0.1, 0.15) is 51.5 Å². The quantitative estimate of drug-likeness (QED) is 0.618. The SMILES string of the molecule is C[C@]1(CO)C2CC[C@@H](O)[C@@H](CC(=O)NCc3ccc(F)cc3)[C@]2(C)CC[C@H]1O. The largest absolute Gasteiger partial charge is 0.396 e. The molecule has 28 heavy (non-hydrogen) atoms. The molecule has 2 aliphatic rings. The molecule has 1 amide bonds. The smallest absolute Gasteiger partial charge is 0.220 e. The van der Waals surface area contributed by atoms with E-state index in [4.69, 9.17) is 0 Å². The molecule has 1 unspecified atom stereocenters. The Bertz CT molecular complexity index is 696. The molecule has 1 aromatic carbocycles. The lowest BCUT2D eigenvalue weighted by atomic mass is 9.46. The van der Waals surface area contributed by atoms with Crippen molar-refractivity contribution in [3.05, 3.63) is 35.6 Å². The Kier molecular flexibility index (Phi) is 6.13. The number of hydrogen-bond acceptors (Lipinski definition) is 4. The number of carbonyl (C=O) groups excluding carboxylic acids is 1. The van der Waals surface area contributed by atoms with E-state index < -0.39 is 17.6 Å². The van der Waals surface area contributed by atoms with Gasteiger partial charge < -0.3 is 20.6 Å². The lowest BCUT2D eigenvalue weighted by Gasteiger charge is -2.60. The first-order chi connectivity index (χ1) is 13.2. The Labute approximate surface area is 166 Å². The summed E-state index contributed by atoms with van der Waals surface area (Å²) in [5.74, 6) is -0.636. The van der Waals surface area contributed by atoms with Gasteiger partial charge in [0.05, 0.1) is 18.8 Å². The van der Waals surface area contributed by atoms with Gasteiger partial charge in [0.25, 0.3) is 0 Å². The highest BCUT2D eigenvalue weighted by Crippen LogP contribution is 2.60. The normalized spacial score (nSPS) is 37.9. The topological polar surface area (TPSA) is 89.8 Å². The molecule has 0 radical (unpaired) electrons. The van der Waals surface area contributed by atoms with Crippen LogP contribution in [-0.4, -0.2) is 40.0 Å². The molecule has 0 heterocycles. The van der Waals surface area contributed by atoms with Gasteiger partial charge in [0.1, 0.15) is 5.82 Å². The number of carbonyl (C=O) groups is 1. The van der Waals surface area contributed by atoms with Gasteiger partial charge in [0.2, 0.25) is 5.91 Å². The average molecular weight is 393 g/mol. The maximum atomic E-state index is 13.0. The van der Waals surface area contributed by atoms with Crippen LogP contribution < -0.4 is 5.32 Å². The van der Waals surface area contributed by atoms with E-state index >= 15 is 0 Å². The van der Waals surface area contributed by atoms with Crippen molar-refractivity contribution >= 4 is 5.91 Å². The Morgan fingerprint density at radius 2 is 1.86 bits per heavy atom. The fraction of sp³-hybridized carbons (Fsp3) is 0.682. The average Bonchev–Trinajstić information content (AvgIpc) is 2.67. The highest BCUT2D eigenvalue weighted by Gasteiger charge is 2.58. The zero-order valence-electron chi connectivity index (χ0n) is 16.7. The first-order valence-corrected chi connectivity index (χ1v) is 10.2. The minimum absolute atomic E-state index is 0.0482. The molecule has 3 rings (SSSR count). The summed E-state index contributed by atoms with van der Waals surface area (Å²) >= 11 is 0. The fourth-order valence-corrected chi connectivity index (χ4v) is 5.68. The molecule has 0 aromatic heterocycles. The van der Waals surface area contributed by atoms with E-state index in [1.54, 1.807) is 12.1 Å². The number of nitrogens with one attached hydrogen (secondary N) is 1. The summed E-state index contributed by atoms with van der Waals surface area (Å²) in [5, 5.41) is 34.1. The molecule has 0 saturated heterocycles. The van der Waals surface area contributed by atoms with Crippen LogP contribution in [0.15, 0.2) is 24.3 Å². The predicted octanol–water partition coefficient (Wildman–Crippen LogP) is 2.38. The summed E-state index contributed by atoms with van der Waals surface area (Å²) in [7, 11) is 0. The van der Waals surface area contributed by atoms with Crippen molar-refractivity contribution in [3.63, 3.8) is 0 Å². The molecule has 5 nitrogen and oxygen atoms in total. The zero-order valence-corrected chi connectivity index (χ0v) is 16.7. The van der Waals surface area contributed by atoms with E-state index in [-0.39, 0.29) is 42.0 Å². The Morgan fingerprint density at radius 3 is 2.50 bits per heavy atom. The second-order valence-electron chi connectivity index (χ2n) is 9.14. The van der Waals surface area contributed by atoms with Crippen molar-refractivity contribution in [2.75, 3.05) is 6.61 Å². The van der Waals surface area contributed by atoms with Gasteiger partial charge >= 0.3 is 0 Å². The lowest BCUT2D eigenvalue weighted by Crippen LogP contribution is -2.60. The van der Waals surface area contributed by atoms with Crippen LogP contribution in [-0.2, 0) is 11.3 Å². The Balaban J connectivity index is 1.71. The molecule has 0 bridgehead atoms. The molecule has 4 N–H and O–H groups in total. The first-order valence-electron chi connectivity index (χ1n) is 10.2. The van der Waals surface area contributed by atoms with Crippen LogP contribution >= 0.6 is 0 Å². The second-order valence-corrected chi connectivity index (χ2v) is 9.14. The molecule has 0 spiro atoms. The third-order valence-corrected chi connectivity index (χ3v) is 7.52. The van der Waals surface area contributed by atoms with E-state index in [2.05, 4.69) is 12.2 Å². The molecular weight excluding hydrogens is 361 g/mol. The maximum absolute atomic E-state index is 13.0. The number of amides is 1. The molecule has 1 aromatic rings. The number of fused-ring (bicyclic) bond motifs is 1. The third-order valence-electron chi connectivity index (χ3n) is 7.52. The van der Waals surface area contributed by atoms with Gasteiger partial charge in [0.15, 0.2) is 0 Å². The van der Waals surface area contributed by atoms with Crippen molar-refractivity contribution in [2.24, 2.45) is 22.7 Å². The molecule has 2 saturated carbocycles. The minimum atomic E-state index is -0.615. The van der Waals surface area contributed by atoms with Gasteiger partial charge in [-0.3, -0.25) is 4.79 Å². The number of halogens is 1. The van der Waals surface area contributed by atoms with Crippen molar-refractivity contribution in [1.29, 1.82) is 0 Å². The van der Waals surface area contributed by atoms with E-state index in [0.717, 1.165) is 18.4 Å². The van der Waals surface area contributed by atoms with Gasteiger partial charge in [-0.05, 0) is 60.6 Å². The van der Waals surface area contributed by atoms with Crippen molar-refractivity contribution in [2.45, 2.75) is 64.7 Å². The van der Waals surface area contributed by atoms with Gasteiger partial charge in [-0.25, -0.2) is 4.39 Å². The van der Waals surface area contributed by atoms with E-state index in [1.165, 1.54) is 12.1 Å². The highest BCUT2D eigenvalue weighted by molar-refractivity contribution is 5.76. The van der Waals surface area contributed by atoms with Crippen LogP contribution in [0.25, 0.3) is 0 Å². The van der Waals surface area contributed by atoms with Crippen LogP contribution in [0.5, 0.6) is 0 Å². The summed E-state index contributed by atoms with van der Waals surface area (Å²) in [6.45, 7) is 4.23. The van der Waals surface area contributed by atoms with E-state index in [0.29, 0.717) is 19.4 Å². The number of rotatable bonds is 5. The summed E-state index contributed by atoms with van der Waals surface area (Å²) in [4.78, 5) is 12.6. The lowest BCUT2D eigenvalue weighted by molar-refractivity contribution is -0.185. The Hall–Kier alpha value is -1.50. The van der Waals surface area contributed by atoms with Crippen molar-refractivity contribution in [1.82, 2.24) is 5.32 Å². The van der Waals surface area contributed by atoms with Gasteiger partial charge in [0, 0.05) is 18.4 Å². The Morgan fingerprint density at radius 1 is 1.18 bits per heavy atom. The van der Waals surface area contributed by atoms with Crippen LogP contribution in [0, 0.1) is 28.5 Å². The minimum Gasteiger partial charge on any atom is -0.396 e. The number of benzene rings is 1. The summed E-state index contributed by atoms with van der Waals surface area (Å²) < 4.78 is 13.0. The van der Waals surface area contributed by atoms with Crippen molar-refractivity contribution < 1.29 is 24.5 Å². The number of aliphatic hydroxyl groups is 3. The molecule has 6 atom stereocenters. The molecule has 6 heteroatoms. The fourth-order valence-electron chi connectivity index (χ4n) is 5.68. The molecule has 2 aliphatic carbocycles. The van der Waals surface area contributed by atoms with Crippen molar-refractivity contribution in [3.8, 4) is 0 Å².